The van der Waals surface area contributed by atoms with Gasteiger partial charge in [-0.2, -0.15) is 0 Å². The lowest BCUT2D eigenvalue weighted by Gasteiger charge is -2.21. The number of carbonyl (C=O) groups is 1. The first-order chi connectivity index (χ1) is 14.2. The zero-order valence-electron chi connectivity index (χ0n) is 17.5. The molecule has 0 saturated heterocycles. The molecule has 0 bridgehead atoms. The zero-order valence-corrected chi connectivity index (χ0v) is 17.5. The fourth-order valence-corrected chi connectivity index (χ4v) is 3.49. The van der Waals surface area contributed by atoms with Gasteiger partial charge in [0.15, 0.2) is 6.10 Å². The van der Waals surface area contributed by atoms with Crippen molar-refractivity contribution in [2.75, 3.05) is 18.0 Å². The molecule has 0 aliphatic carbocycles. The quantitative estimate of drug-likeness (QED) is 0.549. The maximum Gasteiger partial charge on any atom is 0.261 e. The molecule has 0 radical (unpaired) electrons. The number of hydrogen-bond acceptors (Lipinski definition) is 3. The molecule has 0 aliphatic heterocycles. The number of fused-ring (bicyclic) bond motifs is 1. The van der Waals surface area contributed by atoms with Crippen LogP contribution in [0.5, 0.6) is 5.75 Å². The van der Waals surface area contributed by atoms with Crippen molar-refractivity contribution in [2.24, 2.45) is 0 Å². The topological polar surface area (TPSA) is 41.6 Å². The fraction of sp³-hybridized carbons (Fsp3) is 0.320. The molecule has 0 heterocycles. The molecular weight excluding hydrogens is 360 g/mol. The summed E-state index contributed by atoms with van der Waals surface area (Å²) in [7, 11) is 0. The van der Waals surface area contributed by atoms with E-state index in [0.29, 0.717) is 13.0 Å². The van der Waals surface area contributed by atoms with Gasteiger partial charge in [-0.1, -0.05) is 55.5 Å². The first-order valence-corrected chi connectivity index (χ1v) is 10.4. The molecule has 3 rings (SSSR count). The zero-order chi connectivity index (χ0) is 20.6. The van der Waals surface area contributed by atoms with Crippen molar-refractivity contribution < 1.29 is 9.53 Å². The molecule has 1 N–H and O–H groups in total. The SMILES string of the molecule is CCC(Oc1cccc2ccccc12)C(=O)NCc1ccc(N(CC)CC)cc1. The van der Waals surface area contributed by atoms with Gasteiger partial charge in [-0.05, 0) is 49.4 Å². The molecule has 1 amide bonds. The highest BCUT2D eigenvalue weighted by molar-refractivity contribution is 5.89. The minimum Gasteiger partial charge on any atom is -0.480 e. The second-order valence-electron chi connectivity index (χ2n) is 7.05. The van der Waals surface area contributed by atoms with Gasteiger partial charge >= 0.3 is 0 Å². The van der Waals surface area contributed by atoms with Crippen molar-refractivity contribution in [3.8, 4) is 5.75 Å². The number of anilines is 1. The lowest BCUT2D eigenvalue weighted by atomic mass is 10.1. The summed E-state index contributed by atoms with van der Waals surface area (Å²) in [6, 6.07) is 22.3. The van der Waals surface area contributed by atoms with Crippen molar-refractivity contribution in [1.29, 1.82) is 0 Å². The van der Waals surface area contributed by atoms with E-state index in [0.717, 1.165) is 35.2 Å². The van der Waals surface area contributed by atoms with Crippen molar-refractivity contribution in [3.05, 3.63) is 72.3 Å². The van der Waals surface area contributed by atoms with E-state index in [9.17, 15) is 4.79 Å². The van der Waals surface area contributed by atoms with Crippen LogP contribution in [-0.2, 0) is 11.3 Å². The molecule has 152 valence electrons. The Balaban J connectivity index is 1.63. The lowest BCUT2D eigenvalue weighted by molar-refractivity contribution is -0.128. The van der Waals surface area contributed by atoms with Crippen LogP contribution in [0.1, 0.15) is 32.8 Å². The molecule has 0 fully saturated rings. The fourth-order valence-electron chi connectivity index (χ4n) is 3.49. The molecule has 0 saturated carbocycles. The van der Waals surface area contributed by atoms with Crippen LogP contribution in [0.3, 0.4) is 0 Å². The van der Waals surface area contributed by atoms with Gasteiger partial charge in [-0.25, -0.2) is 0 Å². The van der Waals surface area contributed by atoms with Gasteiger partial charge in [-0.15, -0.1) is 0 Å². The third kappa shape index (κ3) is 5.08. The highest BCUT2D eigenvalue weighted by atomic mass is 16.5. The number of carbonyl (C=O) groups excluding carboxylic acids is 1. The van der Waals surface area contributed by atoms with Gasteiger partial charge in [-0.3, -0.25) is 4.79 Å². The summed E-state index contributed by atoms with van der Waals surface area (Å²) in [5.74, 6) is 0.655. The number of ether oxygens (including phenoxy) is 1. The Morgan fingerprint density at radius 2 is 1.62 bits per heavy atom. The van der Waals surface area contributed by atoms with Crippen LogP contribution in [0.2, 0.25) is 0 Å². The van der Waals surface area contributed by atoms with Gasteiger partial charge < -0.3 is 15.0 Å². The van der Waals surface area contributed by atoms with Crippen LogP contribution >= 0.6 is 0 Å². The van der Waals surface area contributed by atoms with Crippen LogP contribution < -0.4 is 15.0 Å². The van der Waals surface area contributed by atoms with E-state index in [4.69, 9.17) is 4.74 Å². The molecule has 29 heavy (non-hydrogen) atoms. The van der Waals surface area contributed by atoms with Gasteiger partial charge in [0.1, 0.15) is 5.75 Å². The first-order valence-electron chi connectivity index (χ1n) is 10.4. The molecular formula is C25H30N2O2. The monoisotopic (exact) mass is 390 g/mol. The summed E-state index contributed by atoms with van der Waals surface area (Å²) in [6.07, 6.45) is 0.0893. The molecule has 0 spiro atoms. The Morgan fingerprint density at radius 1 is 0.931 bits per heavy atom. The summed E-state index contributed by atoms with van der Waals surface area (Å²) in [6.45, 7) is 8.73. The van der Waals surface area contributed by atoms with Crippen molar-refractivity contribution >= 4 is 22.4 Å². The average Bonchev–Trinajstić information content (AvgIpc) is 2.77. The van der Waals surface area contributed by atoms with Crippen LogP contribution in [-0.4, -0.2) is 25.1 Å². The third-order valence-electron chi connectivity index (χ3n) is 5.21. The van der Waals surface area contributed by atoms with Crippen LogP contribution in [0.15, 0.2) is 66.7 Å². The standard InChI is InChI=1S/C25H30N2O2/c1-4-23(29-24-13-9-11-20-10-7-8-12-22(20)24)25(28)26-18-19-14-16-21(17-15-19)27(5-2)6-3/h7-17,23H,4-6,18H2,1-3H3,(H,26,28). The maximum atomic E-state index is 12.7. The van der Waals surface area contributed by atoms with Gasteiger partial charge in [0, 0.05) is 30.7 Å². The smallest absolute Gasteiger partial charge is 0.261 e. The predicted octanol–water partition coefficient (Wildman–Crippen LogP) is 5.16. The Kier molecular flexibility index (Phi) is 7.12. The number of nitrogens with zero attached hydrogens (tertiary/aromatic N) is 1. The number of rotatable bonds is 9. The number of nitrogens with one attached hydrogen (secondary N) is 1. The lowest BCUT2D eigenvalue weighted by Crippen LogP contribution is -2.37. The second kappa shape index (κ2) is 9.97. The van der Waals surface area contributed by atoms with E-state index in [1.807, 2.05) is 49.4 Å². The summed E-state index contributed by atoms with van der Waals surface area (Å²) in [4.78, 5) is 15.0. The number of benzene rings is 3. The van der Waals surface area contributed by atoms with Crippen LogP contribution in [0, 0.1) is 0 Å². The predicted molar refractivity (Wildman–Crippen MR) is 121 cm³/mol. The first kappa shape index (κ1) is 20.7. The Morgan fingerprint density at radius 3 is 2.31 bits per heavy atom. The van der Waals surface area contributed by atoms with Crippen LogP contribution in [0.4, 0.5) is 5.69 Å². The van der Waals surface area contributed by atoms with E-state index >= 15 is 0 Å². The van der Waals surface area contributed by atoms with Crippen LogP contribution in [0.25, 0.3) is 10.8 Å². The Labute approximate surface area is 173 Å². The third-order valence-corrected chi connectivity index (χ3v) is 5.21. The van der Waals surface area contributed by atoms with Gasteiger partial charge in [0.05, 0.1) is 0 Å². The summed E-state index contributed by atoms with van der Waals surface area (Å²) >= 11 is 0. The molecule has 4 heteroatoms. The maximum absolute atomic E-state index is 12.7. The molecule has 0 aromatic heterocycles. The average molecular weight is 391 g/mol. The number of amides is 1. The largest absolute Gasteiger partial charge is 0.480 e. The molecule has 3 aromatic carbocycles. The minimum absolute atomic E-state index is 0.0896. The van der Waals surface area contributed by atoms with E-state index in [2.05, 4.69) is 48.3 Å². The molecule has 1 atom stereocenters. The highest BCUT2D eigenvalue weighted by Crippen LogP contribution is 2.26. The van der Waals surface area contributed by atoms with E-state index in [1.165, 1.54) is 5.69 Å². The van der Waals surface area contributed by atoms with Gasteiger partial charge in [0.2, 0.25) is 0 Å². The van der Waals surface area contributed by atoms with Crippen molar-refractivity contribution in [3.63, 3.8) is 0 Å². The summed E-state index contributed by atoms with van der Waals surface area (Å²) < 4.78 is 6.09. The molecule has 4 nitrogen and oxygen atoms in total. The van der Waals surface area contributed by atoms with Crippen molar-refractivity contribution in [1.82, 2.24) is 5.32 Å². The van der Waals surface area contributed by atoms with E-state index < -0.39 is 6.10 Å². The second-order valence-corrected chi connectivity index (χ2v) is 7.05. The van der Waals surface area contributed by atoms with E-state index in [1.54, 1.807) is 0 Å². The van der Waals surface area contributed by atoms with Gasteiger partial charge in [0.25, 0.3) is 5.91 Å². The van der Waals surface area contributed by atoms with E-state index in [-0.39, 0.29) is 5.91 Å². The summed E-state index contributed by atoms with van der Waals surface area (Å²) in [5, 5.41) is 5.14. The molecule has 1 unspecified atom stereocenters. The Hall–Kier alpha value is -3.01. The molecule has 3 aromatic rings. The Bertz CT molecular complexity index is 928. The highest BCUT2D eigenvalue weighted by Gasteiger charge is 2.19. The molecule has 0 aliphatic rings. The normalized spacial score (nSPS) is 11.8. The summed E-state index contributed by atoms with van der Waals surface area (Å²) in [5.41, 5.74) is 2.28. The number of hydrogen-bond donors (Lipinski definition) is 1. The van der Waals surface area contributed by atoms with Crippen molar-refractivity contribution in [2.45, 2.75) is 39.8 Å². The minimum atomic E-state index is -0.518.